The molecule has 0 saturated carbocycles. The lowest BCUT2D eigenvalue weighted by molar-refractivity contribution is -0.133. The maximum atomic E-state index is 13.1. The summed E-state index contributed by atoms with van der Waals surface area (Å²) in [6.45, 7) is 3.84. The van der Waals surface area contributed by atoms with Crippen molar-refractivity contribution in [2.75, 3.05) is 14.2 Å². The van der Waals surface area contributed by atoms with Crippen LogP contribution in [-0.2, 0) is 21.4 Å². The number of sulfonamides is 1. The lowest BCUT2D eigenvalue weighted by Crippen LogP contribution is -2.49. The minimum absolute atomic E-state index is 0.0710. The van der Waals surface area contributed by atoms with Gasteiger partial charge in [-0.15, -0.1) is 0 Å². The van der Waals surface area contributed by atoms with Crippen LogP contribution in [0.4, 0.5) is 0 Å². The zero-order chi connectivity index (χ0) is 21.9. The standard InChI is InChI=1S/C21H26N4O4S/c1-14(2)20(24-30(27,28)16-11-9-15(29-4)10-12-16)21(26)25(3)13-19-22-17-7-5-6-8-18(17)23-19/h5-12,14,20,24H,13H2,1-4H3,(H,22,23)/t20-/m0/s1. The highest BCUT2D eigenvalue weighted by atomic mass is 32.2. The molecular weight excluding hydrogens is 404 g/mol. The largest absolute Gasteiger partial charge is 0.497 e. The second-order valence-corrected chi connectivity index (χ2v) is 9.13. The molecule has 0 aliphatic rings. The summed E-state index contributed by atoms with van der Waals surface area (Å²) in [7, 11) is -0.739. The highest BCUT2D eigenvalue weighted by Crippen LogP contribution is 2.18. The smallest absolute Gasteiger partial charge is 0.241 e. The van der Waals surface area contributed by atoms with Gasteiger partial charge in [0.25, 0.3) is 0 Å². The Kier molecular flexibility index (Phi) is 6.42. The van der Waals surface area contributed by atoms with E-state index in [9.17, 15) is 13.2 Å². The van der Waals surface area contributed by atoms with Gasteiger partial charge >= 0.3 is 0 Å². The van der Waals surface area contributed by atoms with E-state index in [1.165, 1.54) is 24.1 Å². The van der Waals surface area contributed by atoms with E-state index in [1.54, 1.807) is 33.0 Å². The SMILES string of the molecule is COc1ccc(S(=O)(=O)N[C@H](C(=O)N(C)Cc2nc3ccccc3[nH]2)C(C)C)cc1. The van der Waals surface area contributed by atoms with Crippen LogP contribution in [-0.4, -0.2) is 49.4 Å². The molecular formula is C21H26N4O4S. The van der Waals surface area contributed by atoms with Crippen molar-refractivity contribution >= 4 is 27.0 Å². The number of nitrogens with zero attached hydrogens (tertiary/aromatic N) is 2. The molecule has 3 rings (SSSR count). The summed E-state index contributed by atoms with van der Waals surface area (Å²) in [6.07, 6.45) is 0. The molecule has 1 aromatic heterocycles. The third kappa shape index (κ3) is 4.80. The summed E-state index contributed by atoms with van der Waals surface area (Å²) < 4.78 is 33.2. The fourth-order valence-corrected chi connectivity index (χ4v) is 4.42. The number of imidazole rings is 1. The molecule has 3 aromatic rings. The molecule has 0 radical (unpaired) electrons. The van der Waals surface area contributed by atoms with E-state index in [0.717, 1.165) is 11.0 Å². The number of para-hydroxylation sites is 2. The van der Waals surface area contributed by atoms with Crippen LogP contribution in [0.5, 0.6) is 5.75 Å². The zero-order valence-electron chi connectivity index (χ0n) is 17.4. The van der Waals surface area contributed by atoms with Crippen LogP contribution in [0.2, 0.25) is 0 Å². The second kappa shape index (κ2) is 8.85. The van der Waals surface area contributed by atoms with Crippen LogP contribution in [0.3, 0.4) is 0 Å². The molecule has 160 valence electrons. The number of ether oxygens (including phenoxy) is 1. The molecule has 0 spiro atoms. The van der Waals surface area contributed by atoms with Crippen LogP contribution in [0.15, 0.2) is 53.4 Å². The Labute approximate surface area is 176 Å². The fourth-order valence-electron chi connectivity index (χ4n) is 3.08. The van der Waals surface area contributed by atoms with E-state index in [1.807, 2.05) is 24.3 Å². The molecule has 0 fully saturated rings. The van der Waals surface area contributed by atoms with Gasteiger partial charge in [-0.2, -0.15) is 4.72 Å². The summed E-state index contributed by atoms with van der Waals surface area (Å²) in [5.74, 6) is 0.606. The van der Waals surface area contributed by atoms with Gasteiger partial charge in [0.2, 0.25) is 15.9 Å². The highest BCUT2D eigenvalue weighted by molar-refractivity contribution is 7.89. The summed E-state index contributed by atoms with van der Waals surface area (Å²) >= 11 is 0. The quantitative estimate of drug-likeness (QED) is 0.571. The van der Waals surface area contributed by atoms with Gasteiger partial charge < -0.3 is 14.6 Å². The first kappa shape index (κ1) is 21.8. The number of H-pyrrole nitrogens is 1. The number of methoxy groups -OCH3 is 1. The third-order valence-corrected chi connectivity index (χ3v) is 6.24. The van der Waals surface area contributed by atoms with Crippen molar-refractivity contribution in [2.24, 2.45) is 5.92 Å². The molecule has 1 heterocycles. The van der Waals surface area contributed by atoms with Crippen molar-refractivity contribution in [3.05, 3.63) is 54.4 Å². The molecule has 1 atom stereocenters. The van der Waals surface area contributed by atoms with Gasteiger partial charge in [-0.1, -0.05) is 26.0 Å². The summed E-state index contributed by atoms with van der Waals surface area (Å²) in [5, 5.41) is 0. The molecule has 0 aliphatic heterocycles. The number of aromatic nitrogens is 2. The Morgan fingerprint density at radius 1 is 1.17 bits per heavy atom. The van der Waals surface area contributed by atoms with Gasteiger partial charge in [-0.25, -0.2) is 13.4 Å². The van der Waals surface area contributed by atoms with Gasteiger partial charge in [-0.05, 0) is 42.3 Å². The number of carbonyl (C=O) groups excluding carboxylic acids is 1. The van der Waals surface area contributed by atoms with Crippen molar-refractivity contribution in [2.45, 2.75) is 31.3 Å². The lowest BCUT2D eigenvalue weighted by atomic mass is 10.0. The third-order valence-electron chi connectivity index (χ3n) is 4.79. The number of benzene rings is 2. The predicted molar refractivity (Wildman–Crippen MR) is 115 cm³/mol. The van der Waals surface area contributed by atoms with Crippen molar-refractivity contribution in [3.8, 4) is 5.75 Å². The average Bonchev–Trinajstić information content (AvgIpc) is 3.13. The molecule has 9 heteroatoms. The molecule has 2 aromatic carbocycles. The molecule has 2 N–H and O–H groups in total. The van der Waals surface area contributed by atoms with E-state index in [0.29, 0.717) is 11.6 Å². The van der Waals surface area contributed by atoms with Crippen LogP contribution in [0.1, 0.15) is 19.7 Å². The van der Waals surface area contributed by atoms with Crippen LogP contribution in [0, 0.1) is 5.92 Å². The van der Waals surface area contributed by atoms with Gasteiger partial charge in [-0.3, -0.25) is 4.79 Å². The van der Waals surface area contributed by atoms with Crippen molar-refractivity contribution in [3.63, 3.8) is 0 Å². The molecule has 0 unspecified atom stereocenters. The highest BCUT2D eigenvalue weighted by Gasteiger charge is 2.30. The number of amides is 1. The van der Waals surface area contributed by atoms with E-state index < -0.39 is 16.1 Å². The molecule has 0 aliphatic carbocycles. The topological polar surface area (TPSA) is 104 Å². The summed E-state index contributed by atoms with van der Waals surface area (Å²) in [6, 6.07) is 12.7. The monoisotopic (exact) mass is 430 g/mol. The molecule has 8 nitrogen and oxygen atoms in total. The van der Waals surface area contributed by atoms with Gasteiger partial charge in [0.1, 0.15) is 17.6 Å². The minimum atomic E-state index is -3.88. The Balaban J connectivity index is 1.76. The molecule has 30 heavy (non-hydrogen) atoms. The second-order valence-electron chi connectivity index (χ2n) is 7.41. The Morgan fingerprint density at radius 3 is 2.43 bits per heavy atom. The first-order valence-corrected chi connectivity index (χ1v) is 11.0. The first-order valence-electron chi connectivity index (χ1n) is 9.56. The number of aromatic amines is 1. The Hall–Kier alpha value is -2.91. The first-order chi connectivity index (χ1) is 14.2. The molecule has 0 saturated heterocycles. The van der Waals surface area contributed by atoms with Crippen LogP contribution >= 0.6 is 0 Å². The fraction of sp³-hybridized carbons (Fsp3) is 0.333. The number of carbonyl (C=O) groups is 1. The van der Waals surface area contributed by atoms with Gasteiger partial charge in [0.15, 0.2) is 0 Å². The van der Waals surface area contributed by atoms with E-state index in [2.05, 4.69) is 14.7 Å². The Bertz CT molecular complexity index is 1090. The lowest BCUT2D eigenvalue weighted by Gasteiger charge is -2.26. The van der Waals surface area contributed by atoms with Crippen molar-refractivity contribution in [1.82, 2.24) is 19.6 Å². The van der Waals surface area contributed by atoms with E-state index in [-0.39, 0.29) is 23.3 Å². The summed E-state index contributed by atoms with van der Waals surface area (Å²) in [4.78, 5) is 22.2. The normalized spacial score (nSPS) is 12.8. The van der Waals surface area contributed by atoms with Crippen LogP contribution < -0.4 is 9.46 Å². The van der Waals surface area contributed by atoms with Crippen molar-refractivity contribution in [1.29, 1.82) is 0 Å². The number of hydrogen-bond acceptors (Lipinski definition) is 5. The zero-order valence-corrected chi connectivity index (χ0v) is 18.2. The van der Waals surface area contributed by atoms with Gasteiger partial charge in [0, 0.05) is 7.05 Å². The van der Waals surface area contributed by atoms with Crippen LogP contribution in [0.25, 0.3) is 11.0 Å². The van der Waals surface area contributed by atoms with E-state index in [4.69, 9.17) is 4.74 Å². The number of nitrogens with one attached hydrogen (secondary N) is 2. The van der Waals surface area contributed by atoms with Crippen molar-refractivity contribution < 1.29 is 17.9 Å². The maximum Gasteiger partial charge on any atom is 0.241 e. The summed E-state index contributed by atoms with van der Waals surface area (Å²) in [5.41, 5.74) is 1.70. The molecule has 1 amide bonds. The van der Waals surface area contributed by atoms with Gasteiger partial charge in [0.05, 0.1) is 29.6 Å². The molecule has 0 bridgehead atoms. The minimum Gasteiger partial charge on any atom is -0.497 e. The average molecular weight is 431 g/mol. The number of likely N-dealkylation sites (N-methyl/N-ethyl adjacent to an activating group) is 1. The number of fused-ring (bicyclic) bond motifs is 1. The Morgan fingerprint density at radius 2 is 1.83 bits per heavy atom. The number of hydrogen-bond donors (Lipinski definition) is 2. The number of rotatable bonds is 8. The maximum absolute atomic E-state index is 13.1. The van der Waals surface area contributed by atoms with E-state index >= 15 is 0 Å². The predicted octanol–water partition coefficient (Wildman–Crippen LogP) is 2.53.